The first-order chi connectivity index (χ1) is 11.7. The summed E-state index contributed by atoms with van der Waals surface area (Å²) in [5.74, 6) is 0.642. The first-order valence-electron chi connectivity index (χ1n) is 9.12. The molecule has 0 saturated carbocycles. The normalized spacial score (nSPS) is 22.5. The van der Waals surface area contributed by atoms with Gasteiger partial charge in [-0.1, -0.05) is 12.1 Å². The highest BCUT2D eigenvalue weighted by molar-refractivity contribution is 5.94. The highest BCUT2D eigenvalue weighted by Gasteiger charge is 2.19. The third kappa shape index (κ3) is 4.95. The number of para-hydroxylation sites is 2. The number of likely N-dealkylation sites (tertiary alicyclic amines) is 1. The Morgan fingerprint density at radius 2 is 1.96 bits per heavy atom. The van der Waals surface area contributed by atoms with Crippen LogP contribution in [0.4, 0.5) is 11.4 Å². The van der Waals surface area contributed by atoms with Crippen LogP contribution in [0, 0.1) is 5.92 Å². The third-order valence-corrected chi connectivity index (χ3v) is 5.08. The molecule has 2 aliphatic rings. The van der Waals surface area contributed by atoms with Crippen LogP contribution in [-0.2, 0) is 9.53 Å². The summed E-state index contributed by atoms with van der Waals surface area (Å²) in [6.07, 6.45) is 4.84. The zero-order valence-corrected chi connectivity index (χ0v) is 14.6. The Hall–Kier alpha value is -1.59. The lowest BCUT2D eigenvalue weighted by Crippen LogP contribution is -2.36. The fourth-order valence-electron chi connectivity index (χ4n) is 3.45. The summed E-state index contributed by atoms with van der Waals surface area (Å²) < 4.78 is 5.37. The lowest BCUT2D eigenvalue weighted by atomic mass is 10.0. The number of nitrogens with zero attached hydrogens (tertiary/aromatic N) is 1. The monoisotopic (exact) mass is 331 g/mol. The molecule has 2 aliphatic heterocycles. The van der Waals surface area contributed by atoms with E-state index >= 15 is 0 Å². The Balaban J connectivity index is 1.52. The third-order valence-electron chi connectivity index (χ3n) is 5.08. The van der Waals surface area contributed by atoms with Gasteiger partial charge >= 0.3 is 0 Å². The van der Waals surface area contributed by atoms with Crippen molar-refractivity contribution in [3.63, 3.8) is 0 Å². The summed E-state index contributed by atoms with van der Waals surface area (Å²) in [5.41, 5.74) is 1.92. The van der Waals surface area contributed by atoms with Crippen molar-refractivity contribution in [1.82, 2.24) is 4.90 Å². The maximum Gasteiger partial charge on any atom is 0.224 e. The minimum absolute atomic E-state index is 0.0968. The van der Waals surface area contributed by atoms with Gasteiger partial charge < -0.3 is 20.3 Å². The van der Waals surface area contributed by atoms with Gasteiger partial charge in [0.2, 0.25) is 5.91 Å². The van der Waals surface area contributed by atoms with Gasteiger partial charge in [-0.2, -0.15) is 0 Å². The fraction of sp³-hybridized carbons (Fsp3) is 0.632. The Morgan fingerprint density at radius 3 is 2.67 bits per heavy atom. The van der Waals surface area contributed by atoms with Crippen molar-refractivity contribution in [2.45, 2.75) is 38.1 Å². The predicted octanol–water partition coefficient (Wildman–Crippen LogP) is 2.95. The van der Waals surface area contributed by atoms with Crippen LogP contribution in [0.15, 0.2) is 24.3 Å². The second-order valence-corrected chi connectivity index (χ2v) is 7.08. The number of piperidine rings is 1. The van der Waals surface area contributed by atoms with Gasteiger partial charge in [-0.05, 0) is 63.9 Å². The first kappa shape index (κ1) is 17.2. The number of benzene rings is 1. The van der Waals surface area contributed by atoms with Crippen LogP contribution in [0.5, 0.6) is 0 Å². The smallest absolute Gasteiger partial charge is 0.224 e. The number of ether oxygens (including phenoxy) is 1. The van der Waals surface area contributed by atoms with Crippen LogP contribution >= 0.6 is 0 Å². The number of anilines is 2. The summed E-state index contributed by atoms with van der Waals surface area (Å²) in [4.78, 5) is 14.6. The molecule has 0 radical (unpaired) electrons. The van der Waals surface area contributed by atoms with E-state index < -0.39 is 0 Å². The van der Waals surface area contributed by atoms with Crippen molar-refractivity contribution in [2.75, 3.05) is 44.0 Å². The van der Waals surface area contributed by atoms with Crippen LogP contribution in [0.25, 0.3) is 0 Å². The van der Waals surface area contributed by atoms with Gasteiger partial charge in [0, 0.05) is 25.7 Å². The number of carbonyl (C=O) groups excluding carboxylic acids is 1. The molecule has 0 bridgehead atoms. The van der Waals surface area contributed by atoms with Gasteiger partial charge in [-0.15, -0.1) is 0 Å². The van der Waals surface area contributed by atoms with Crippen LogP contribution in [0.1, 0.15) is 32.1 Å². The molecular weight excluding hydrogens is 302 g/mol. The summed E-state index contributed by atoms with van der Waals surface area (Å²) >= 11 is 0. The number of carbonyl (C=O) groups is 1. The quantitative estimate of drug-likeness (QED) is 0.841. The van der Waals surface area contributed by atoms with E-state index in [2.05, 4.69) is 28.6 Å². The summed E-state index contributed by atoms with van der Waals surface area (Å²) in [7, 11) is 2.17. The van der Waals surface area contributed by atoms with Crippen molar-refractivity contribution < 1.29 is 9.53 Å². The number of hydrogen-bond acceptors (Lipinski definition) is 4. The van der Waals surface area contributed by atoms with Crippen molar-refractivity contribution in [3.8, 4) is 0 Å². The Labute approximate surface area is 144 Å². The molecule has 1 amide bonds. The van der Waals surface area contributed by atoms with Crippen LogP contribution in [0.3, 0.4) is 0 Å². The number of amides is 1. The Kier molecular flexibility index (Phi) is 6.10. The molecule has 5 nitrogen and oxygen atoms in total. The van der Waals surface area contributed by atoms with E-state index in [1.165, 1.54) is 0 Å². The summed E-state index contributed by atoms with van der Waals surface area (Å²) in [6, 6.07) is 8.50. The van der Waals surface area contributed by atoms with Gasteiger partial charge in [-0.3, -0.25) is 4.79 Å². The maximum absolute atomic E-state index is 12.3. The molecule has 0 aliphatic carbocycles. The highest BCUT2D eigenvalue weighted by Crippen LogP contribution is 2.25. The Bertz CT molecular complexity index is 535. The van der Waals surface area contributed by atoms with E-state index in [-0.39, 0.29) is 5.91 Å². The molecule has 1 aromatic rings. The lowest BCUT2D eigenvalue weighted by Gasteiger charge is -2.30. The topological polar surface area (TPSA) is 53.6 Å². The van der Waals surface area contributed by atoms with E-state index in [4.69, 9.17) is 4.74 Å². The summed E-state index contributed by atoms with van der Waals surface area (Å²) in [6.45, 7) is 3.89. The molecule has 2 heterocycles. The largest absolute Gasteiger partial charge is 0.381 e. The van der Waals surface area contributed by atoms with E-state index in [1.807, 2.05) is 18.2 Å². The van der Waals surface area contributed by atoms with Crippen LogP contribution in [0.2, 0.25) is 0 Å². The first-order valence-corrected chi connectivity index (χ1v) is 9.12. The van der Waals surface area contributed by atoms with Crippen molar-refractivity contribution in [1.29, 1.82) is 0 Å². The molecule has 0 aromatic heterocycles. The van der Waals surface area contributed by atoms with Gasteiger partial charge in [0.1, 0.15) is 0 Å². The van der Waals surface area contributed by atoms with Gasteiger partial charge in [-0.25, -0.2) is 0 Å². The molecule has 24 heavy (non-hydrogen) atoms. The molecule has 0 spiro atoms. The lowest BCUT2D eigenvalue weighted by molar-refractivity contribution is -0.116. The molecule has 132 valence electrons. The SMILES string of the molecule is CN1CCC(Nc2ccccc2NC(=O)CCC2CCOC2)CC1. The molecule has 1 aromatic carbocycles. The standard InChI is InChI=1S/C19H29N3O2/c1-22-11-8-16(9-12-22)20-17-4-2-3-5-18(17)21-19(23)7-6-15-10-13-24-14-15/h2-5,15-16,20H,6-14H2,1H3,(H,21,23). The summed E-state index contributed by atoms with van der Waals surface area (Å²) in [5, 5.41) is 6.69. The minimum atomic E-state index is 0.0968. The Morgan fingerprint density at radius 1 is 1.21 bits per heavy atom. The molecule has 2 N–H and O–H groups in total. The highest BCUT2D eigenvalue weighted by atomic mass is 16.5. The molecule has 5 heteroatoms. The second-order valence-electron chi connectivity index (χ2n) is 7.08. The van der Waals surface area contributed by atoms with E-state index in [9.17, 15) is 4.79 Å². The maximum atomic E-state index is 12.3. The van der Waals surface area contributed by atoms with Crippen molar-refractivity contribution in [3.05, 3.63) is 24.3 Å². The van der Waals surface area contributed by atoms with Gasteiger partial charge in [0.25, 0.3) is 0 Å². The minimum Gasteiger partial charge on any atom is -0.381 e. The van der Waals surface area contributed by atoms with Gasteiger partial charge in [0.15, 0.2) is 0 Å². The number of hydrogen-bond donors (Lipinski definition) is 2. The number of nitrogens with one attached hydrogen (secondary N) is 2. The number of rotatable bonds is 6. The molecule has 1 atom stereocenters. The molecule has 1 unspecified atom stereocenters. The predicted molar refractivity (Wildman–Crippen MR) is 97.4 cm³/mol. The molecular formula is C19H29N3O2. The molecule has 2 fully saturated rings. The molecule has 3 rings (SSSR count). The van der Waals surface area contributed by atoms with E-state index in [0.29, 0.717) is 18.4 Å². The fourth-order valence-corrected chi connectivity index (χ4v) is 3.45. The van der Waals surface area contributed by atoms with Crippen molar-refractivity contribution in [2.24, 2.45) is 5.92 Å². The van der Waals surface area contributed by atoms with Crippen LogP contribution in [-0.4, -0.2) is 50.2 Å². The average molecular weight is 331 g/mol. The van der Waals surface area contributed by atoms with E-state index in [0.717, 1.165) is 63.4 Å². The average Bonchev–Trinajstić information content (AvgIpc) is 3.10. The zero-order valence-electron chi connectivity index (χ0n) is 14.6. The van der Waals surface area contributed by atoms with Gasteiger partial charge in [0.05, 0.1) is 11.4 Å². The van der Waals surface area contributed by atoms with E-state index in [1.54, 1.807) is 0 Å². The van der Waals surface area contributed by atoms with Crippen LogP contribution < -0.4 is 10.6 Å². The van der Waals surface area contributed by atoms with Crippen molar-refractivity contribution >= 4 is 17.3 Å². The second kappa shape index (κ2) is 8.49. The zero-order chi connectivity index (χ0) is 16.8. The molecule has 2 saturated heterocycles.